The molecule has 162 valence electrons. The topological polar surface area (TPSA) is 89.7 Å². The maximum Gasteiger partial charge on any atom is 0.280 e. The molecule has 0 radical (unpaired) electrons. The summed E-state index contributed by atoms with van der Waals surface area (Å²) in [5.74, 6) is 0.957. The SMILES string of the molecule is COc1ccc(NC(=O)C[NH+](C)CC(=O)Nc2cc(C)nn2-c2ccc(C)cc2)cc1. The average Bonchev–Trinajstić information content (AvgIpc) is 3.08. The van der Waals surface area contributed by atoms with Crippen LogP contribution < -0.4 is 20.3 Å². The molecule has 0 saturated heterocycles. The lowest BCUT2D eigenvalue weighted by Crippen LogP contribution is -3.11. The van der Waals surface area contributed by atoms with Crippen molar-refractivity contribution in [3.63, 3.8) is 0 Å². The number of aromatic nitrogens is 2. The van der Waals surface area contributed by atoms with Gasteiger partial charge in [-0.25, -0.2) is 4.68 Å². The summed E-state index contributed by atoms with van der Waals surface area (Å²) < 4.78 is 6.81. The number of carbonyl (C=O) groups is 2. The van der Waals surface area contributed by atoms with Crippen molar-refractivity contribution < 1.29 is 19.2 Å². The Bertz CT molecular complexity index is 1040. The van der Waals surface area contributed by atoms with E-state index in [2.05, 4.69) is 15.7 Å². The third-order valence-electron chi connectivity index (χ3n) is 4.68. The number of quaternary nitrogens is 1. The number of nitrogens with one attached hydrogen (secondary N) is 3. The molecule has 1 aromatic heterocycles. The fraction of sp³-hybridized carbons (Fsp3) is 0.261. The lowest BCUT2D eigenvalue weighted by molar-refractivity contribution is -0.862. The summed E-state index contributed by atoms with van der Waals surface area (Å²) in [6.07, 6.45) is 0. The van der Waals surface area contributed by atoms with Crippen LogP contribution in [0.3, 0.4) is 0 Å². The van der Waals surface area contributed by atoms with Gasteiger partial charge in [0.2, 0.25) is 0 Å². The Kier molecular flexibility index (Phi) is 7.04. The summed E-state index contributed by atoms with van der Waals surface area (Å²) in [5, 5.41) is 10.2. The van der Waals surface area contributed by atoms with Gasteiger partial charge < -0.3 is 20.3 Å². The highest BCUT2D eigenvalue weighted by molar-refractivity contribution is 5.93. The molecule has 8 nitrogen and oxygen atoms in total. The number of hydrogen-bond donors (Lipinski definition) is 3. The lowest BCUT2D eigenvalue weighted by atomic mass is 10.2. The van der Waals surface area contributed by atoms with E-state index in [0.29, 0.717) is 11.5 Å². The number of aryl methyl sites for hydroxylation is 2. The van der Waals surface area contributed by atoms with E-state index in [-0.39, 0.29) is 24.9 Å². The van der Waals surface area contributed by atoms with E-state index >= 15 is 0 Å². The Hall–Kier alpha value is -3.65. The fourth-order valence-corrected chi connectivity index (χ4v) is 3.15. The van der Waals surface area contributed by atoms with Gasteiger partial charge in [-0.1, -0.05) is 17.7 Å². The van der Waals surface area contributed by atoms with Gasteiger partial charge in [0.05, 0.1) is 25.5 Å². The number of likely N-dealkylation sites (N-methyl/N-ethyl adjacent to an activating group) is 1. The van der Waals surface area contributed by atoms with Gasteiger partial charge in [-0.2, -0.15) is 5.10 Å². The number of benzene rings is 2. The first-order chi connectivity index (χ1) is 14.8. The van der Waals surface area contributed by atoms with Crippen molar-refractivity contribution in [1.29, 1.82) is 0 Å². The molecule has 2 aromatic carbocycles. The minimum atomic E-state index is -0.192. The van der Waals surface area contributed by atoms with Crippen molar-refractivity contribution in [2.24, 2.45) is 0 Å². The number of amides is 2. The maximum atomic E-state index is 12.6. The Morgan fingerprint density at radius 1 is 0.968 bits per heavy atom. The zero-order valence-corrected chi connectivity index (χ0v) is 18.2. The molecule has 1 unspecified atom stereocenters. The van der Waals surface area contributed by atoms with Gasteiger partial charge in [0.25, 0.3) is 11.8 Å². The Morgan fingerprint density at radius 3 is 2.19 bits per heavy atom. The third kappa shape index (κ3) is 6.16. The molecule has 0 saturated carbocycles. The van der Waals surface area contributed by atoms with Crippen molar-refractivity contribution in [1.82, 2.24) is 9.78 Å². The molecule has 0 aliphatic heterocycles. The van der Waals surface area contributed by atoms with Gasteiger partial charge in [-0.3, -0.25) is 9.59 Å². The van der Waals surface area contributed by atoms with Gasteiger partial charge in [0.1, 0.15) is 11.6 Å². The standard InChI is InChI=1S/C23H27N5O3/c1-16-5-9-19(10-6-16)28-21(13-17(2)26-28)25-23(30)15-27(3)14-22(29)24-18-7-11-20(31-4)12-8-18/h5-13H,14-15H2,1-4H3,(H,24,29)(H,25,30)/p+1. The predicted octanol–water partition coefficient (Wildman–Crippen LogP) is 1.59. The number of rotatable bonds is 8. The second-order valence-electron chi connectivity index (χ2n) is 7.55. The fourth-order valence-electron chi connectivity index (χ4n) is 3.15. The minimum Gasteiger partial charge on any atom is -0.497 e. The number of carbonyl (C=O) groups excluding carboxylic acids is 2. The molecule has 1 atom stereocenters. The van der Waals surface area contributed by atoms with E-state index in [1.54, 1.807) is 43.1 Å². The second kappa shape index (κ2) is 9.90. The monoisotopic (exact) mass is 422 g/mol. The van der Waals surface area contributed by atoms with Gasteiger partial charge in [-0.05, 0) is 50.2 Å². The molecule has 2 amide bonds. The first-order valence-electron chi connectivity index (χ1n) is 10.0. The molecule has 0 spiro atoms. The van der Waals surface area contributed by atoms with Gasteiger partial charge in [0, 0.05) is 11.8 Å². The molecule has 3 rings (SSSR count). The number of nitrogens with zero attached hydrogens (tertiary/aromatic N) is 2. The number of methoxy groups -OCH3 is 1. The smallest absolute Gasteiger partial charge is 0.280 e. The van der Waals surface area contributed by atoms with Crippen molar-refractivity contribution >= 4 is 23.3 Å². The summed E-state index contributed by atoms with van der Waals surface area (Å²) in [7, 11) is 3.39. The zero-order chi connectivity index (χ0) is 22.4. The molecule has 3 N–H and O–H groups in total. The van der Waals surface area contributed by atoms with E-state index in [4.69, 9.17) is 4.74 Å². The number of hydrogen-bond acceptors (Lipinski definition) is 4. The molecular weight excluding hydrogens is 394 g/mol. The van der Waals surface area contributed by atoms with E-state index < -0.39 is 0 Å². The largest absolute Gasteiger partial charge is 0.497 e. The van der Waals surface area contributed by atoms with E-state index in [1.165, 1.54) is 0 Å². The maximum absolute atomic E-state index is 12.6. The molecule has 0 fully saturated rings. The lowest BCUT2D eigenvalue weighted by Gasteiger charge is -2.14. The zero-order valence-electron chi connectivity index (χ0n) is 18.2. The van der Waals surface area contributed by atoms with Gasteiger partial charge >= 0.3 is 0 Å². The van der Waals surface area contributed by atoms with Crippen LogP contribution in [0.4, 0.5) is 11.5 Å². The van der Waals surface area contributed by atoms with Crippen LogP contribution >= 0.6 is 0 Å². The molecular formula is C23H28N5O3+. The molecule has 0 bridgehead atoms. The molecule has 31 heavy (non-hydrogen) atoms. The van der Waals surface area contributed by atoms with Crippen molar-refractivity contribution in [3.8, 4) is 11.4 Å². The van der Waals surface area contributed by atoms with Crippen LogP contribution in [0.25, 0.3) is 5.69 Å². The minimum absolute atomic E-state index is 0.147. The summed E-state index contributed by atoms with van der Waals surface area (Å²) in [5.41, 5.74) is 3.50. The van der Waals surface area contributed by atoms with Crippen LogP contribution in [-0.4, -0.2) is 48.8 Å². The van der Waals surface area contributed by atoms with Crippen LogP contribution in [-0.2, 0) is 9.59 Å². The molecule has 3 aromatic rings. The summed E-state index contributed by atoms with van der Waals surface area (Å²) in [4.78, 5) is 25.6. The summed E-state index contributed by atoms with van der Waals surface area (Å²) >= 11 is 0. The number of ether oxygens (including phenoxy) is 1. The number of anilines is 2. The highest BCUT2D eigenvalue weighted by atomic mass is 16.5. The van der Waals surface area contributed by atoms with Crippen LogP contribution in [0, 0.1) is 13.8 Å². The molecule has 1 heterocycles. The highest BCUT2D eigenvalue weighted by Crippen LogP contribution is 2.17. The third-order valence-corrected chi connectivity index (χ3v) is 4.68. The second-order valence-corrected chi connectivity index (χ2v) is 7.55. The predicted molar refractivity (Wildman–Crippen MR) is 120 cm³/mol. The molecule has 0 aliphatic rings. The molecule has 0 aliphatic carbocycles. The Balaban J connectivity index is 1.55. The molecule has 8 heteroatoms. The van der Waals surface area contributed by atoms with Crippen LogP contribution in [0.5, 0.6) is 5.75 Å². The van der Waals surface area contributed by atoms with Crippen molar-refractivity contribution in [2.45, 2.75) is 13.8 Å². The Labute approximate surface area is 181 Å². The summed E-state index contributed by atoms with van der Waals surface area (Å²) in [6.45, 7) is 4.20. The quantitative estimate of drug-likeness (QED) is 0.514. The normalized spacial score (nSPS) is 11.6. The Morgan fingerprint density at radius 2 is 1.58 bits per heavy atom. The van der Waals surface area contributed by atoms with E-state index in [9.17, 15) is 9.59 Å². The van der Waals surface area contributed by atoms with E-state index in [1.807, 2.05) is 44.2 Å². The first kappa shape index (κ1) is 22.0. The highest BCUT2D eigenvalue weighted by Gasteiger charge is 2.17. The van der Waals surface area contributed by atoms with Crippen molar-refractivity contribution in [3.05, 3.63) is 65.9 Å². The van der Waals surface area contributed by atoms with Crippen LogP contribution in [0.15, 0.2) is 54.6 Å². The van der Waals surface area contributed by atoms with Crippen LogP contribution in [0.2, 0.25) is 0 Å². The van der Waals surface area contributed by atoms with E-state index in [0.717, 1.165) is 27.6 Å². The average molecular weight is 423 g/mol. The first-order valence-corrected chi connectivity index (χ1v) is 10.0. The summed E-state index contributed by atoms with van der Waals surface area (Å²) in [6, 6.07) is 16.8. The van der Waals surface area contributed by atoms with Crippen molar-refractivity contribution in [2.75, 3.05) is 37.9 Å². The van der Waals surface area contributed by atoms with Gasteiger partial charge in [0.15, 0.2) is 13.1 Å². The van der Waals surface area contributed by atoms with Crippen LogP contribution in [0.1, 0.15) is 11.3 Å². The van der Waals surface area contributed by atoms with Gasteiger partial charge in [-0.15, -0.1) is 0 Å².